The van der Waals surface area contributed by atoms with Gasteiger partial charge < -0.3 is 25.0 Å². The number of hydrogen-bond donors (Lipinski definition) is 2. The first-order valence-corrected chi connectivity index (χ1v) is 12.0. The number of piperazine rings is 1. The molecule has 1 heterocycles. The van der Waals surface area contributed by atoms with E-state index in [1.807, 2.05) is 25.1 Å². The zero-order valence-electron chi connectivity index (χ0n) is 18.1. The molecule has 10 heteroatoms. The molecule has 2 N–H and O–H groups in total. The third-order valence-electron chi connectivity index (χ3n) is 5.22. The highest BCUT2D eigenvalue weighted by Crippen LogP contribution is 2.39. The molecule has 0 amide bonds. The molecule has 3 rings (SSSR count). The van der Waals surface area contributed by atoms with E-state index in [9.17, 15) is 8.42 Å². The Labute approximate surface area is 195 Å². The highest BCUT2D eigenvalue weighted by atomic mass is 35.5. The second-order valence-corrected chi connectivity index (χ2v) is 9.64. The summed E-state index contributed by atoms with van der Waals surface area (Å²) in [6.45, 7) is 5.73. The second-order valence-electron chi connectivity index (χ2n) is 7.25. The predicted molar refractivity (Wildman–Crippen MR) is 129 cm³/mol. The Morgan fingerprint density at radius 2 is 1.77 bits per heavy atom. The summed E-state index contributed by atoms with van der Waals surface area (Å²) in [5.74, 6) is 1.14. The first-order valence-electron chi connectivity index (χ1n) is 9.70. The molecule has 0 aliphatic carbocycles. The average Bonchev–Trinajstić information content (AvgIpc) is 2.73. The van der Waals surface area contributed by atoms with Gasteiger partial charge in [-0.3, -0.25) is 0 Å². The van der Waals surface area contributed by atoms with Crippen molar-refractivity contribution in [2.45, 2.75) is 18.4 Å². The van der Waals surface area contributed by atoms with E-state index in [0.29, 0.717) is 28.8 Å². The quantitative estimate of drug-likeness (QED) is 0.615. The summed E-state index contributed by atoms with van der Waals surface area (Å²) in [7, 11) is -0.266. The summed E-state index contributed by atoms with van der Waals surface area (Å²) in [6.07, 6.45) is 1.21. The fraction of sp³-hybridized carbons (Fsp3) is 0.429. The summed E-state index contributed by atoms with van der Waals surface area (Å²) in [4.78, 5) is 2.49. The zero-order valence-corrected chi connectivity index (χ0v) is 20.5. The molecule has 2 aromatic rings. The van der Waals surface area contributed by atoms with Crippen molar-refractivity contribution in [1.82, 2.24) is 5.32 Å². The molecule has 0 radical (unpaired) electrons. The van der Waals surface area contributed by atoms with Crippen molar-refractivity contribution in [3.05, 3.63) is 40.4 Å². The van der Waals surface area contributed by atoms with Gasteiger partial charge in [-0.05, 0) is 31.2 Å². The van der Waals surface area contributed by atoms with Crippen LogP contribution in [0.5, 0.6) is 11.5 Å². The maximum Gasteiger partial charge on any atom is 0.177 e. The third-order valence-corrected chi connectivity index (χ3v) is 6.77. The van der Waals surface area contributed by atoms with E-state index in [-0.39, 0.29) is 17.3 Å². The predicted octanol–water partition coefficient (Wildman–Crippen LogP) is 3.51. The van der Waals surface area contributed by atoms with Crippen molar-refractivity contribution >= 4 is 45.2 Å². The molecule has 0 atom stereocenters. The zero-order chi connectivity index (χ0) is 21.9. The van der Waals surface area contributed by atoms with Crippen molar-refractivity contribution < 1.29 is 17.9 Å². The molecule has 31 heavy (non-hydrogen) atoms. The minimum atomic E-state index is -3.40. The molecular formula is C21H29Cl2N3O4S. The van der Waals surface area contributed by atoms with Crippen LogP contribution < -0.4 is 25.0 Å². The number of nitrogens with one attached hydrogen (secondary N) is 2. The number of ether oxygens (including phenoxy) is 2. The summed E-state index contributed by atoms with van der Waals surface area (Å²) < 4.78 is 35.7. The van der Waals surface area contributed by atoms with Crippen molar-refractivity contribution in [3.8, 4) is 11.5 Å². The Morgan fingerprint density at radius 3 is 2.35 bits per heavy atom. The standard InChI is InChI=1S/C21H28ClN3O4S.ClH/c1-14-17(22)11-15(21(29-3)20(14)28-2)13-24-18-12-16(25-9-7-23-8-10-25)5-6-19(18)30(4,26)27;/h5-6,11-12,23-24H,7-10,13H2,1-4H3;1H. The van der Waals surface area contributed by atoms with E-state index in [1.54, 1.807) is 20.3 Å². The molecule has 172 valence electrons. The van der Waals surface area contributed by atoms with Crippen LogP contribution in [0.15, 0.2) is 29.2 Å². The van der Waals surface area contributed by atoms with E-state index in [0.717, 1.165) is 43.0 Å². The minimum absolute atomic E-state index is 0. The Bertz CT molecular complexity index is 1030. The summed E-state index contributed by atoms with van der Waals surface area (Å²) in [6, 6.07) is 7.22. The maximum atomic E-state index is 12.3. The number of hydrogen-bond acceptors (Lipinski definition) is 7. The lowest BCUT2D eigenvalue weighted by Crippen LogP contribution is -2.43. The molecule has 0 aromatic heterocycles. The van der Waals surface area contributed by atoms with Crippen LogP contribution in [0.25, 0.3) is 0 Å². The van der Waals surface area contributed by atoms with Crippen LogP contribution in [-0.4, -0.2) is 55.1 Å². The smallest absolute Gasteiger partial charge is 0.177 e. The van der Waals surface area contributed by atoms with E-state index < -0.39 is 9.84 Å². The van der Waals surface area contributed by atoms with Crippen molar-refractivity contribution in [1.29, 1.82) is 0 Å². The third kappa shape index (κ3) is 5.68. The number of anilines is 2. The summed E-state index contributed by atoms with van der Waals surface area (Å²) in [5, 5.41) is 7.15. The molecular weight excluding hydrogens is 461 g/mol. The van der Waals surface area contributed by atoms with Crippen LogP contribution in [0.4, 0.5) is 11.4 Å². The minimum Gasteiger partial charge on any atom is -0.493 e. The first-order chi connectivity index (χ1) is 14.3. The van der Waals surface area contributed by atoms with Gasteiger partial charge in [0.2, 0.25) is 0 Å². The van der Waals surface area contributed by atoms with Gasteiger partial charge in [0.05, 0.1) is 24.8 Å². The van der Waals surface area contributed by atoms with E-state index in [1.165, 1.54) is 6.26 Å². The van der Waals surface area contributed by atoms with Gasteiger partial charge in [0.15, 0.2) is 21.3 Å². The van der Waals surface area contributed by atoms with E-state index in [4.69, 9.17) is 21.1 Å². The molecule has 1 saturated heterocycles. The van der Waals surface area contributed by atoms with Gasteiger partial charge in [0, 0.05) is 60.8 Å². The van der Waals surface area contributed by atoms with Crippen molar-refractivity contribution in [3.63, 3.8) is 0 Å². The normalized spacial score (nSPS) is 14.0. The molecule has 7 nitrogen and oxygen atoms in total. The van der Waals surface area contributed by atoms with Crippen molar-refractivity contribution in [2.75, 3.05) is 56.9 Å². The lowest BCUT2D eigenvalue weighted by Gasteiger charge is -2.30. The Balaban J connectivity index is 0.00000341. The molecule has 1 fully saturated rings. The number of methoxy groups -OCH3 is 2. The summed E-state index contributed by atoms with van der Waals surface area (Å²) >= 11 is 6.37. The molecule has 1 aliphatic heterocycles. The van der Waals surface area contributed by atoms with Crippen LogP contribution in [0.1, 0.15) is 11.1 Å². The van der Waals surface area contributed by atoms with E-state index in [2.05, 4.69) is 15.5 Å². The topological polar surface area (TPSA) is 79.9 Å². The fourth-order valence-electron chi connectivity index (χ4n) is 3.64. The maximum absolute atomic E-state index is 12.3. The first kappa shape index (κ1) is 25.4. The molecule has 0 spiro atoms. The average molecular weight is 490 g/mol. The van der Waals surface area contributed by atoms with Gasteiger partial charge in [-0.2, -0.15) is 0 Å². The molecule has 0 unspecified atom stereocenters. The SMILES string of the molecule is COc1c(CNc2cc(N3CCNCC3)ccc2S(C)(=O)=O)cc(Cl)c(C)c1OC.Cl. The van der Waals surface area contributed by atoms with Gasteiger partial charge in [-0.1, -0.05) is 11.6 Å². The van der Waals surface area contributed by atoms with Crippen LogP contribution in [0.2, 0.25) is 5.02 Å². The van der Waals surface area contributed by atoms with E-state index >= 15 is 0 Å². The van der Waals surface area contributed by atoms with Gasteiger partial charge >= 0.3 is 0 Å². The molecule has 2 aromatic carbocycles. The largest absolute Gasteiger partial charge is 0.493 e. The Morgan fingerprint density at radius 1 is 1.13 bits per heavy atom. The fourth-order valence-corrected chi connectivity index (χ4v) is 4.71. The molecule has 1 aliphatic rings. The van der Waals surface area contributed by atoms with Gasteiger partial charge in [-0.15, -0.1) is 12.4 Å². The van der Waals surface area contributed by atoms with Gasteiger partial charge in [0.25, 0.3) is 0 Å². The van der Waals surface area contributed by atoms with Gasteiger partial charge in [0.1, 0.15) is 0 Å². The molecule has 0 bridgehead atoms. The summed E-state index contributed by atoms with van der Waals surface area (Å²) in [5.41, 5.74) is 3.10. The van der Waals surface area contributed by atoms with Crippen LogP contribution in [0, 0.1) is 6.92 Å². The second kappa shape index (κ2) is 10.6. The lowest BCUT2D eigenvalue weighted by atomic mass is 10.1. The highest BCUT2D eigenvalue weighted by molar-refractivity contribution is 7.90. The lowest BCUT2D eigenvalue weighted by molar-refractivity contribution is 0.350. The van der Waals surface area contributed by atoms with Crippen LogP contribution >= 0.6 is 24.0 Å². The van der Waals surface area contributed by atoms with Gasteiger partial charge in [-0.25, -0.2) is 8.42 Å². The number of sulfone groups is 1. The molecule has 0 saturated carbocycles. The van der Waals surface area contributed by atoms with Crippen LogP contribution in [-0.2, 0) is 16.4 Å². The Kier molecular flexibility index (Phi) is 8.71. The monoisotopic (exact) mass is 489 g/mol. The van der Waals surface area contributed by atoms with Crippen LogP contribution in [0.3, 0.4) is 0 Å². The number of halogens is 2. The number of rotatable bonds is 7. The highest BCUT2D eigenvalue weighted by Gasteiger charge is 2.20. The van der Waals surface area contributed by atoms with Crippen molar-refractivity contribution in [2.24, 2.45) is 0 Å². The Hall–Kier alpha value is -1.87. The number of benzene rings is 2. The number of nitrogens with zero attached hydrogens (tertiary/aromatic N) is 1.